The molecule has 0 heterocycles. The Balaban J connectivity index is 2.40. The molecule has 1 amide bonds. The van der Waals surface area contributed by atoms with Gasteiger partial charge >= 0.3 is 5.97 Å². The van der Waals surface area contributed by atoms with Gasteiger partial charge in [0, 0.05) is 12.3 Å². The summed E-state index contributed by atoms with van der Waals surface area (Å²) in [6.07, 6.45) is -0.849. The maximum Gasteiger partial charge on any atom is 0.332 e. The highest BCUT2D eigenvalue weighted by Crippen LogP contribution is 2.06. The highest BCUT2D eigenvalue weighted by atomic mass is 16.6. The van der Waals surface area contributed by atoms with Crippen LogP contribution in [-0.4, -0.2) is 31.2 Å². The average Bonchev–Trinajstić information content (AvgIpc) is 2.37. The minimum atomic E-state index is -0.849. The molecule has 98 valence electrons. The van der Waals surface area contributed by atoms with E-state index in [0.29, 0.717) is 12.3 Å². The maximum atomic E-state index is 11.7. The van der Waals surface area contributed by atoms with Crippen molar-refractivity contribution >= 4 is 17.6 Å². The van der Waals surface area contributed by atoms with Gasteiger partial charge in [-0.1, -0.05) is 18.2 Å². The van der Waals surface area contributed by atoms with E-state index in [4.69, 9.17) is 9.47 Å². The molecule has 5 nitrogen and oxygen atoms in total. The first kappa shape index (κ1) is 14.2. The lowest BCUT2D eigenvalue weighted by atomic mass is 10.3. The first-order valence-electron chi connectivity index (χ1n) is 5.76. The van der Waals surface area contributed by atoms with Crippen molar-refractivity contribution in [1.29, 1.82) is 0 Å². The minimum Gasteiger partial charge on any atom is -0.451 e. The average molecular weight is 251 g/mol. The number of hydrogen-bond acceptors (Lipinski definition) is 4. The largest absolute Gasteiger partial charge is 0.451 e. The van der Waals surface area contributed by atoms with Gasteiger partial charge in [-0.2, -0.15) is 0 Å². The van der Waals surface area contributed by atoms with Gasteiger partial charge in [0.05, 0.1) is 0 Å². The van der Waals surface area contributed by atoms with E-state index in [1.165, 1.54) is 6.92 Å². The number of esters is 1. The molecule has 1 N–H and O–H groups in total. The number of benzene rings is 1. The van der Waals surface area contributed by atoms with Crippen LogP contribution >= 0.6 is 0 Å². The molecule has 1 atom stereocenters. The van der Waals surface area contributed by atoms with Crippen molar-refractivity contribution in [2.75, 3.05) is 18.5 Å². The van der Waals surface area contributed by atoms with E-state index in [1.54, 1.807) is 31.2 Å². The quantitative estimate of drug-likeness (QED) is 0.780. The number of para-hydroxylation sites is 1. The number of nitrogens with one attached hydrogen (secondary N) is 1. The van der Waals surface area contributed by atoms with Crippen LogP contribution in [0.5, 0.6) is 0 Å². The van der Waals surface area contributed by atoms with E-state index in [1.807, 2.05) is 6.07 Å². The number of rotatable bonds is 6. The standard InChI is InChI=1S/C13H17NO4/c1-3-17-9-12(15)18-10(2)13(16)14-11-7-5-4-6-8-11/h4-8,10H,3,9H2,1-2H3,(H,14,16)/t10-/m0/s1. The minimum absolute atomic E-state index is 0.139. The molecule has 5 heteroatoms. The molecule has 0 aromatic heterocycles. The molecular weight excluding hydrogens is 234 g/mol. The van der Waals surface area contributed by atoms with Crippen molar-refractivity contribution in [3.8, 4) is 0 Å². The second kappa shape index (κ2) is 7.45. The third-order valence-corrected chi connectivity index (χ3v) is 2.14. The van der Waals surface area contributed by atoms with Gasteiger partial charge in [-0.25, -0.2) is 4.79 Å². The van der Waals surface area contributed by atoms with E-state index in [2.05, 4.69) is 5.32 Å². The number of ether oxygens (including phenoxy) is 2. The Bertz CT molecular complexity index is 391. The molecule has 18 heavy (non-hydrogen) atoms. The predicted octanol–water partition coefficient (Wildman–Crippen LogP) is 1.59. The SMILES string of the molecule is CCOCC(=O)O[C@@H](C)C(=O)Nc1ccccc1. The number of amides is 1. The molecule has 0 fully saturated rings. The summed E-state index contributed by atoms with van der Waals surface area (Å²) in [5.41, 5.74) is 0.662. The fourth-order valence-corrected chi connectivity index (χ4v) is 1.24. The van der Waals surface area contributed by atoms with Crippen LogP contribution < -0.4 is 5.32 Å². The summed E-state index contributed by atoms with van der Waals surface area (Å²) in [4.78, 5) is 22.9. The first-order chi connectivity index (χ1) is 8.63. The zero-order chi connectivity index (χ0) is 13.4. The van der Waals surface area contributed by atoms with E-state index < -0.39 is 12.1 Å². The Morgan fingerprint density at radius 1 is 1.28 bits per heavy atom. The third kappa shape index (κ3) is 4.97. The lowest BCUT2D eigenvalue weighted by molar-refractivity contribution is -0.157. The van der Waals surface area contributed by atoms with Crippen LogP contribution in [0.2, 0.25) is 0 Å². The van der Waals surface area contributed by atoms with Gasteiger partial charge in [0.15, 0.2) is 6.10 Å². The molecule has 0 aliphatic carbocycles. The van der Waals surface area contributed by atoms with Gasteiger partial charge in [-0.15, -0.1) is 0 Å². The van der Waals surface area contributed by atoms with Crippen LogP contribution in [0.25, 0.3) is 0 Å². The smallest absolute Gasteiger partial charge is 0.332 e. The van der Waals surface area contributed by atoms with Crippen LogP contribution in [0.3, 0.4) is 0 Å². The molecule has 0 aliphatic rings. The Morgan fingerprint density at radius 2 is 1.94 bits per heavy atom. The molecule has 1 aromatic rings. The lowest BCUT2D eigenvalue weighted by Crippen LogP contribution is -2.31. The Labute approximate surface area is 106 Å². The van der Waals surface area contributed by atoms with Crippen LogP contribution in [0.1, 0.15) is 13.8 Å². The van der Waals surface area contributed by atoms with Gasteiger partial charge in [0.25, 0.3) is 5.91 Å². The third-order valence-electron chi connectivity index (χ3n) is 2.14. The molecule has 0 saturated carbocycles. The van der Waals surface area contributed by atoms with Gasteiger partial charge in [-0.05, 0) is 26.0 Å². The van der Waals surface area contributed by atoms with Crippen molar-refractivity contribution in [3.05, 3.63) is 30.3 Å². The van der Waals surface area contributed by atoms with Crippen molar-refractivity contribution in [3.63, 3.8) is 0 Å². The van der Waals surface area contributed by atoms with Crippen LogP contribution in [-0.2, 0) is 19.1 Å². The summed E-state index contributed by atoms with van der Waals surface area (Å²) in [7, 11) is 0. The van der Waals surface area contributed by atoms with E-state index in [9.17, 15) is 9.59 Å². The molecule has 0 radical (unpaired) electrons. The van der Waals surface area contributed by atoms with E-state index >= 15 is 0 Å². The molecule has 0 saturated heterocycles. The zero-order valence-corrected chi connectivity index (χ0v) is 10.5. The molecule has 0 aliphatic heterocycles. The molecule has 0 bridgehead atoms. The summed E-state index contributed by atoms with van der Waals surface area (Å²) in [5.74, 6) is -0.918. The van der Waals surface area contributed by atoms with Crippen molar-refractivity contribution in [2.24, 2.45) is 0 Å². The summed E-state index contributed by atoms with van der Waals surface area (Å²) in [6.45, 7) is 3.58. The summed E-state index contributed by atoms with van der Waals surface area (Å²) in [5, 5.41) is 2.65. The summed E-state index contributed by atoms with van der Waals surface area (Å²) >= 11 is 0. The van der Waals surface area contributed by atoms with Crippen molar-refractivity contribution in [1.82, 2.24) is 0 Å². The van der Waals surface area contributed by atoms with Gasteiger partial charge in [0.1, 0.15) is 6.61 Å². The highest BCUT2D eigenvalue weighted by Gasteiger charge is 2.17. The fourth-order valence-electron chi connectivity index (χ4n) is 1.24. The topological polar surface area (TPSA) is 64.6 Å². The number of carbonyl (C=O) groups excluding carboxylic acids is 2. The van der Waals surface area contributed by atoms with E-state index in [0.717, 1.165) is 0 Å². The Morgan fingerprint density at radius 3 is 2.56 bits per heavy atom. The molecule has 0 spiro atoms. The number of hydrogen-bond donors (Lipinski definition) is 1. The normalized spacial score (nSPS) is 11.7. The van der Waals surface area contributed by atoms with Crippen LogP contribution in [0.4, 0.5) is 5.69 Å². The fraction of sp³-hybridized carbons (Fsp3) is 0.385. The second-order valence-electron chi connectivity index (χ2n) is 3.62. The summed E-state index contributed by atoms with van der Waals surface area (Å²) < 4.78 is 9.80. The van der Waals surface area contributed by atoms with E-state index in [-0.39, 0.29) is 12.5 Å². The molecular formula is C13H17NO4. The molecule has 1 aromatic carbocycles. The Kier molecular flexibility index (Phi) is 5.87. The number of anilines is 1. The van der Waals surface area contributed by atoms with Crippen molar-refractivity contribution in [2.45, 2.75) is 20.0 Å². The lowest BCUT2D eigenvalue weighted by Gasteiger charge is -2.13. The second-order valence-corrected chi connectivity index (χ2v) is 3.62. The highest BCUT2D eigenvalue weighted by molar-refractivity contribution is 5.95. The van der Waals surface area contributed by atoms with Gasteiger partial charge in [-0.3, -0.25) is 4.79 Å². The zero-order valence-electron chi connectivity index (χ0n) is 10.5. The molecule has 1 rings (SSSR count). The van der Waals surface area contributed by atoms with Crippen LogP contribution in [0.15, 0.2) is 30.3 Å². The monoisotopic (exact) mass is 251 g/mol. The predicted molar refractivity (Wildman–Crippen MR) is 67.1 cm³/mol. The summed E-state index contributed by atoms with van der Waals surface area (Å²) in [6, 6.07) is 8.98. The maximum absolute atomic E-state index is 11.7. The van der Waals surface area contributed by atoms with Gasteiger partial charge in [0.2, 0.25) is 0 Å². The van der Waals surface area contributed by atoms with Crippen molar-refractivity contribution < 1.29 is 19.1 Å². The number of carbonyl (C=O) groups is 2. The van der Waals surface area contributed by atoms with Gasteiger partial charge < -0.3 is 14.8 Å². The first-order valence-corrected chi connectivity index (χ1v) is 5.76. The Hall–Kier alpha value is -1.88. The molecule has 0 unspecified atom stereocenters. The van der Waals surface area contributed by atoms with Crippen LogP contribution in [0, 0.1) is 0 Å².